The highest BCUT2D eigenvalue weighted by atomic mass is 16.5. The van der Waals surface area contributed by atoms with Crippen molar-refractivity contribution in [1.82, 2.24) is 10.2 Å². The number of hydrogen-bond donors (Lipinski definition) is 1. The Morgan fingerprint density at radius 1 is 1.62 bits per heavy atom. The van der Waals surface area contributed by atoms with Crippen LogP contribution in [0.15, 0.2) is 11.6 Å². The first-order valence-electron chi connectivity index (χ1n) is 5.97. The summed E-state index contributed by atoms with van der Waals surface area (Å²) in [6.07, 6.45) is 5.52. The molecule has 1 heterocycles. The van der Waals surface area contributed by atoms with Gasteiger partial charge in [-0.3, -0.25) is 4.79 Å². The normalized spacial score (nSPS) is 20.8. The van der Waals surface area contributed by atoms with Crippen LogP contribution in [0.25, 0.3) is 0 Å². The fourth-order valence-corrected chi connectivity index (χ4v) is 1.89. The monoisotopic (exact) mass is 224 g/mol. The molecule has 1 amide bonds. The van der Waals surface area contributed by atoms with Gasteiger partial charge in [0.05, 0.1) is 13.2 Å². The molecule has 1 aliphatic heterocycles. The van der Waals surface area contributed by atoms with Crippen molar-refractivity contribution in [3.63, 3.8) is 0 Å². The van der Waals surface area contributed by atoms with E-state index in [0.29, 0.717) is 19.2 Å². The lowest BCUT2D eigenvalue weighted by Crippen LogP contribution is -2.41. The zero-order valence-corrected chi connectivity index (χ0v) is 9.87. The zero-order valence-electron chi connectivity index (χ0n) is 9.87. The molecule has 1 saturated carbocycles. The average Bonchev–Trinajstić information content (AvgIpc) is 3.11. The lowest BCUT2D eigenvalue weighted by molar-refractivity contribution is -0.130. The molecule has 0 spiro atoms. The number of carbonyl (C=O) groups excluding carboxylic acids is 1. The van der Waals surface area contributed by atoms with Crippen molar-refractivity contribution in [1.29, 1.82) is 0 Å². The summed E-state index contributed by atoms with van der Waals surface area (Å²) in [7, 11) is 1.71. The van der Waals surface area contributed by atoms with E-state index in [1.807, 2.05) is 4.90 Å². The Morgan fingerprint density at radius 2 is 2.44 bits per heavy atom. The molecular formula is C12H20N2O2. The van der Waals surface area contributed by atoms with Crippen molar-refractivity contribution in [2.45, 2.75) is 25.3 Å². The van der Waals surface area contributed by atoms with Gasteiger partial charge in [-0.05, 0) is 24.8 Å². The quantitative estimate of drug-likeness (QED) is 0.693. The van der Waals surface area contributed by atoms with Crippen LogP contribution in [-0.4, -0.2) is 50.2 Å². The molecule has 0 saturated heterocycles. The van der Waals surface area contributed by atoms with Crippen LogP contribution in [0.5, 0.6) is 0 Å². The van der Waals surface area contributed by atoms with Gasteiger partial charge in [0.2, 0.25) is 5.91 Å². The van der Waals surface area contributed by atoms with E-state index in [-0.39, 0.29) is 5.91 Å². The molecule has 90 valence electrons. The second-order valence-corrected chi connectivity index (χ2v) is 4.54. The van der Waals surface area contributed by atoms with Gasteiger partial charge in [0, 0.05) is 26.2 Å². The fourth-order valence-electron chi connectivity index (χ4n) is 1.89. The van der Waals surface area contributed by atoms with E-state index < -0.39 is 0 Å². The molecule has 1 N–H and O–H groups in total. The van der Waals surface area contributed by atoms with E-state index in [4.69, 9.17) is 4.74 Å². The van der Waals surface area contributed by atoms with E-state index in [1.54, 1.807) is 7.11 Å². The van der Waals surface area contributed by atoms with Crippen molar-refractivity contribution < 1.29 is 9.53 Å². The van der Waals surface area contributed by atoms with Gasteiger partial charge in [-0.25, -0.2) is 0 Å². The van der Waals surface area contributed by atoms with Gasteiger partial charge in [-0.1, -0.05) is 6.08 Å². The Hall–Kier alpha value is -0.870. The molecule has 0 unspecified atom stereocenters. The number of amides is 1. The Labute approximate surface area is 96.6 Å². The van der Waals surface area contributed by atoms with Gasteiger partial charge >= 0.3 is 0 Å². The summed E-state index contributed by atoms with van der Waals surface area (Å²) >= 11 is 0. The van der Waals surface area contributed by atoms with E-state index in [0.717, 1.165) is 19.5 Å². The van der Waals surface area contributed by atoms with Gasteiger partial charge < -0.3 is 15.0 Å². The smallest absolute Gasteiger partial charge is 0.236 e. The Balaban J connectivity index is 1.72. The zero-order chi connectivity index (χ0) is 11.4. The number of carbonyl (C=O) groups is 1. The Bertz CT molecular complexity index is 285. The molecule has 16 heavy (non-hydrogen) atoms. The average molecular weight is 224 g/mol. The summed E-state index contributed by atoms with van der Waals surface area (Å²) in [4.78, 5) is 13.7. The fraction of sp³-hybridized carbons (Fsp3) is 0.750. The van der Waals surface area contributed by atoms with Gasteiger partial charge in [-0.2, -0.15) is 0 Å². The molecule has 2 rings (SSSR count). The first-order valence-corrected chi connectivity index (χ1v) is 5.97. The molecule has 0 aromatic carbocycles. The lowest BCUT2D eigenvalue weighted by atomic mass is 10.1. The molecule has 0 bridgehead atoms. The first kappa shape index (κ1) is 11.6. The van der Waals surface area contributed by atoms with Crippen LogP contribution in [-0.2, 0) is 9.53 Å². The molecule has 2 aliphatic rings. The van der Waals surface area contributed by atoms with E-state index >= 15 is 0 Å². The summed E-state index contributed by atoms with van der Waals surface area (Å²) in [6.45, 7) is 2.77. The summed E-state index contributed by atoms with van der Waals surface area (Å²) in [5.74, 6) is 0.222. The molecule has 1 aliphatic carbocycles. The molecular weight excluding hydrogens is 204 g/mol. The highest BCUT2D eigenvalue weighted by Gasteiger charge is 2.23. The molecule has 1 fully saturated rings. The van der Waals surface area contributed by atoms with Gasteiger partial charge in [0.15, 0.2) is 0 Å². The first-order chi connectivity index (χ1) is 7.79. The molecule has 4 nitrogen and oxygen atoms in total. The van der Waals surface area contributed by atoms with Crippen LogP contribution in [0.3, 0.4) is 0 Å². The number of ether oxygens (including phenoxy) is 1. The molecule has 0 radical (unpaired) electrons. The van der Waals surface area contributed by atoms with Crippen LogP contribution in [0.4, 0.5) is 0 Å². The van der Waals surface area contributed by atoms with Crippen molar-refractivity contribution in [3.05, 3.63) is 11.6 Å². The summed E-state index contributed by atoms with van der Waals surface area (Å²) in [5, 5.41) is 3.25. The molecule has 0 aromatic rings. The maximum absolute atomic E-state index is 11.8. The van der Waals surface area contributed by atoms with Gasteiger partial charge in [0.1, 0.15) is 0 Å². The lowest BCUT2D eigenvalue weighted by Gasteiger charge is -2.26. The third-order valence-corrected chi connectivity index (χ3v) is 3.10. The second-order valence-electron chi connectivity index (χ2n) is 4.54. The Morgan fingerprint density at radius 3 is 3.00 bits per heavy atom. The topological polar surface area (TPSA) is 41.6 Å². The van der Waals surface area contributed by atoms with Crippen LogP contribution in [0.1, 0.15) is 19.3 Å². The number of nitrogens with zero attached hydrogens (tertiary/aromatic N) is 1. The van der Waals surface area contributed by atoms with Crippen LogP contribution in [0.2, 0.25) is 0 Å². The maximum Gasteiger partial charge on any atom is 0.236 e. The molecule has 4 heteroatoms. The Kier molecular flexibility index (Phi) is 3.96. The number of hydrogen-bond acceptors (Lipinski definition) is 3. The van der Waals surface area contributed by atoms with Gasteiger partial charge in [-0.15, -0.1) is 0 Å². The summed E-state index contributed by atoms with van der Waals surface area (Å²) in [6, 6.07) is 0.605. The third kappa shape index (κ3) is 3.32. The van der Waals surface area contributed by atoms with Crippen LogP contribution < -0.4 is 5.32 Å². The second kappa shape index (κ2) is 5.46. The minimum atomic E-state index is 0.222. The van der Waals surface area contributed by atoms with Gasteiger partial charge in [0.25, 0.3) is 0 Å². The highest BCUT2D eigenvalue weighted by molar-refractivity contribution is 5.78. The third-order valence-electron chi connectivity index (χ3n) is 3.10. The maximum atomic E-state index is 11.8. The largest absolute Gasteiger partial charge is 0.380 e. The number of methoxy groups -OCH3 is 1. The number of nitrogens with one attached hydrogen (secondary N) is 1. The minimum absolute atomic E-state index is 0.222. The predicted octanol–water partition coefficient (Wildman–Crippen LogP) is 0.544. The van der Waals surface area contributed by atoms with E-state index in [1.165, 1.54) is 18.4 Å². The SMILES string of the molecule is COCC1=CCN(C(=O)CNC2CC2)CC1. The standard InChI is InChI=1S/C12H20N2O2/c1-16-9-10-4-6-14(7-5-10)12(15)8-13-11-2-3-11/h4,11,13H,2-3,5-9H2,1H3. The van der Waals surface area contributed by atoms with Crippen molar-refractivity contribution in [3.8, 4) is 0 Å². The van der Waals surface area contributed by atoms with E-state index in [9.17, 15) is 4.79 Å². The van der Waals surface area contributed by atoms with E-state index in [2.05, 4.69) is 11.4 Å². The highest BCUT2D eigenvalue weighted by Crippen LogP contribution is 2.18. The predicted molar refractivity (Wildman–Crippen MR) is 62.2 cm³/mol. The van der Waals surface area contributed by atoms with Crippen LogP contribution in [0, 0.1) is 0 Å². The minimum Gasteiger partial charge on any atom is -0.380 e. The summed E-state index contributed by atoms with van der Waals surface area (Å²) in [5.41, 5.74) is 1.31. The van der Waals surface area contributed by atoms with Crippen molar-refractivity contribution in [2.24, 2.45) is 0 Å². The van der Waals surface area contributed by atoms with Crippen LogP contribution >= 0.6 is 0 Å². The molecule has 0 atom stereocenters. The number of rotatable bonds is 5. The summed E-state index contributed by atoms with van der Waals surface area (Å²) < 4.78 is 5.08. The molecule has 0 aromatic heterocycles. The van der Waals surface area contributed by atoms with Crippen molar-refractivity contribution in [2.75, 3.05) is 33.4 Å². The van der Waals surface area contributed by atoms with Crippen molar-refractivity contribution >= 4 is 5.91 Å².